The second-order valence-corrected chi connectivity index (χ2v) is 8.60. The molecule has 6 heteroatoms. The predicted octanol–water partition coefficient (Wildman–Crippen LogP) is 4.77. The lowest BCUT2D eigenvalue weighted by atomic mass is 9.99. The zero-order valence-corrected chi connectivity index (χ0v) is 18.9. The van der Waals surface area contributed by atoms with Crippen LogP contribution in [0, 0.1) is 5.82 Å². The first kappa shape index (κ1) is 23.0. The molecule has 1 aliphatic heterocycles. The minimum atomic E-state index is -0.361. The number of fused-ring (bicyclic) bond motifs is 1. The molecule has 0 bridgehead atoms. The van der Waals surface area contributed by atoms with Gasteiger partial charge in [-0.25, -0.2) is 4.39 Å². The molecule has 0 saturated carbocycles. The van der Waals surface area contributed by atoms with Crippen LogP contribution in [0.1, 0.15) is 70.2 Å². The third-order valence-electron chi connectivity index (χ3n) is 6.02. The Morgan fingerprint density at radius 3 is 2.65 bits per heavy atom. The average molecular weight is 428 g/mol. The molecule has 0 spiro atoms. The van der Waals surface area contributed by atoms with Gasteiger partial charge in [0.2, 0.25) is 11.8 Å². The van der Waals surface area contributed by atoms with E-state index in [9.17, 15) is 14.0 Å². The third kappa shape index (κ3) is 5.54. The van der Waals surface area contributed by atoms with Crippen molar-refractivity contribution in [1.82, 2.24) is 14.4 Å². The van der Waals surface area contributed by atoms with Crippen LogP contribution in [0.2, 0.25) is 0 Å². The van der Waals surface area contributed by atoms with Gasteiger partial charge < -0.3 is 14.4 Å². The van der Waals surface area contributed by atoms with Crippen LogP contribution in [-0.2, 0) is 16.1 Å². The summed E-state index contributed by atoms with van der Waals surface area (Å²) in [6.45, 7) is 7.30. The zero-order chi connectivity index (χ0) is 22.4. The highest BCUT2D eigenvalue weighted by molar-refractivity contribution is 5.85. The van der Waals surface area contributed by atoms with Gasteiger partial charge in [-0.3, -0.25) is 9.59 Å². The number of hydrogen-bond donors (Lipinski definition) is 0. The average Bonchev–Trinajstić information content (AvgIpc) is 3.22. The maximum absolute atomic E-state index is 14.0. The summed E-state index contributed by atoms with van der Waals surface area (Å²) in [5, 5.41) is 0. The summed E-state index contributed by atoms with van der Waals surface area (Å²) in [5.74, 6) is -0.390. The highest BCUT2D eigenvalue weighted by atomic mass is 19.1. The maximum Gasteiger partial charge on any atom is 0.243 e. The molecule has 2 aromatic rings. The van der Waals surface area contributed by atoms with Gasteiger partial charge in [0.15, 0.2) is 0 Å². The topological polar surface area (TPSA) is 45.6 Å². The van der Waals surface area contributed by atoms with Crippen LogP contribution in [0.15, 0.2) is 42.6 Å². The van der Waals surface area contributed by atoms with Gasteiger partial charge in [0.05, 0.1) is 6.04 Å². The van der Waals surface area contributed by atoms with E-state index in [-0.39, 0.29) is 36.3 Å². The Morgan fingerprint density at radius 2 is 1.94 bits per heavy atom. The van der Waals surface area contributed by atoms with Crippen molar-refractivity contribution in [3.05, 3.63) is 59.7 Å². The van der Waals surface area contributed by atoms with Crippen LogP contribution >= 0.6 is 0 Å². The number of rotatable bonds is 9. The number of carbonyl (C=O) groups excluding carboxylic acids is 2. The number of nitrogens with zero attached hydrogens (tertiary/aromatic N) is 3. The molecule has 1 atom stereocenters. The molecule has 2 heterocycles. The molecule has 0 aliphatic carbocycles. The van der Waals surface area contributed by atoms with Crippen molar-refractivity contribution in [3.8, 4) is 0 Å². The molecule has 2 amide bonds. The quantitative estimate of drug-likeness (QED) is 0.542. The van der Waals surface area contributed by atoms with Crippen molar-refractivity contribution in [2.24, 2.45) is 0 Å². The highest BCUT2D eigenvalue weighted by Crippen LogP contribution is 2.33. The number of amides is 2. The molecule has 1 unspecified atom stereocenters. The van der Waals surface area contributed by atoms with Crippen LogP contribution < -0.4 is 0 Å². The molecule has 3 rings (SSSR count). The summed E-state index contributed by atoms with van der Waals surface area (Å²) in [4.78, 5) is 29.7. The Morgan fingerprint density at radius 1 is 1.13 bits per heavy atom. The normalized spacial score (nSPS) is 15.8. The first-order chi connectivity index (χ1) is 14.9. The summed E-state index contributed by atoms with van der Waals surface area (Å²) in [6.07, 6.45) is 6.60. The van der Waals surface area contributed by atoms with Crippen molar-refractivity contribution in [1.29, 1.82) is 0 Å². The smallest absolute Gasteiger partial charge is 0.243 e. The number of unbranched alkanes of at least 4 members (excludes halogenated alkanes) is 3. The van der Waals surface area contributed by atoms with Gasteiger partial charge in [-0.1, -0.05) is 38.3 Å². The van der Waals surface area contributed by atoms with Gasteiger partial charge in [0.1, 0.15) is 12.4 Å². The largest absolute Gasteiger partial charge is 0.348 e. The standard InChI is InChI=1S/C25H34FN3O2/c1-4-5-6-7-13-23(30)29(19(2)3)18-24(31)28-16-15-27-14-9-12-22(27)25(28)20-10-8-11-21(26)17-20/h8-12,14,17,19,25H,4-7,13,15-16,18H2,1-3H3. The number of hydrogen-bond acceptors (Lipinski definition) is 2. The van der Waals surface area contributed by atoms with Crippen LogP contribution in [0.4, 0.5) is 4.39 Å². The SMILES string of the molecule is CCCCCCC(=O)N(CC(=O)N1CCn2cccc2C1c1cccc(F)c1)C(C)C. The Balaban J connectivity index is 1.79. The number of aromatic nitrogens is 1. The van der Waals surface area contributed by atoms with E-state index in [0.29, 0.717) is 19.5 Å². The van der Waals surface area contributed by atoms with E-state index in [1.54, 1.807) is 15.9 Å². The number of benzene rings is 1. The van der Waals surface area contributed by atoms with Gasteiger partial charge in [0.25, 0.3) is 0 Å². The van der Waals surface area contributed by atoms with Crippen LogP contribution in [0.25, 0.3) is 0 Å². The summed E-state index contributed by atoms with van der Waals surface area (Å²) < 4.78 is 16.1. The van der Waals surface area contributed by atoms with E-state index >= 15 is 0 Å². The van der Waals surface area contributed by atoms with Crippen molar-refractivity contribution >= 4 is 11.8 Å². The van der Waals surface area contributed by atoms with Gasteiger partial charge in [-0.05, 0) is 50.1 Å². The summed E-state index contributed by atoms with van der Waals surface area (Å²) in [6, 6.07) is 9.96. The fourth-order valence-corrected chi connectivity index (χ4v) is 4.32. The Hall–Kier alpha value is -2.63. The summed E-state index contributed by atoms with van der Waals surface area (Å²) in [5.41, 5.74) is 1.71. The molecule has 1 aliphatic rings. The van der Waals surface area contributed by atoms with Crippen LogP contribution in [0.5, 0.6) is 0 Å². The summed E-state index contributed by atoms with van der Waals surface area (Å²) in [7, 11) is 0. The molecule has 0 N–H and O–H groups in total. The maximum atomic E-state index is 14.0. The van der Waals surface area contributed by atoms with E-state index in [1.165, 1.54) is 12.1 Å². The van der Waals surface area contributed by atoms with Crippen molar-refractivity contribution < 1.29 is 14.0 Å². The lowest BCUT2D eigenvalue weighted by Gasteiger charge is -2.39. The van der Waals surface area contributed by atoms with E-state index in [1.807, 2.05) is 38.2 Å². The Bertz CT molecular complexity index is 892. The molecule has 0 saturated heterocycles. The van der Waals surface area contributed by atoms with Crippen LogP contribution in [-0.4, -0.2) is 45.3 Å². The fraction of sp³-hybridized carbons (Fsp3) is 0.520. The lowest BCUT2D eigenvalue weighted by molar-refractivity contribution is -0.143. The van der Waals surface area contributed by atoms with Crippen molar-refractivity contribution in [3.63, 3.8) is 0 Å². The van der Waals surface area contributed by atoms with Crippen molar-refractivity contribution in [2.45, 2.75) is 71.5 Å². The summed E-state index contributed by atoms with van der Waals surface area (Å²) >= 11 is 0. The minimum absolute atomic E-state index is 0.0298. The van der Waals surface area contributed by atoms with Gasteiger partial charge in [-0.2, -0.15) is 0 Å². The second kappa shape index (κ2) is 10.6. The van der Waals surface area contributed by atoms with E-state index in [4.69, 9.17) is 0 Å². The monoisotopic (exact) mass is 427 g/mol. The third-order valence-corrected chi connectivity index (χ3v) is 6.02. The molecule has 31 heavy (non-hydrogen) atoms. The van der Waals surface area contributed by atoms with E-state index in [0.717, 1.165) is 36.9 Å². The van der Waals surface area contributed by atoms with Crippen molar-refractivity contribution in [2.75, 3.05) is 13.1 Å². The van der Waals surface area contributed by atoms with E-state index < -0.39 is 0 Å². The molecule has 1 aromatic heterocycles. The molecule has 168 valence electrons. The Labute approximate surface area is 184 Å². The minimum Gasteiger partial charge on any atom is -0.348 e. The zero-order valence-electron chi connectivity index (χ0n) is 18.9. The van der Waals surface area contributed by atoms with Gasteiger partial charge in [-0.15, -0.1) is 0 Å². The second-order valence-electron chi connectivity index (χ2n) is 8.60. The van der Waals surface area contributed by atoms with Gasteiger partial charge >= 0.3 is 0 Å². The highest BCUT2D eigenvalue weighted by Gasteiger charge is 2.34. The molecule has 0 radical (unpaired) electrons. The molecule has 0 fully saturated rings. The fourth-order valence-electron chi connectivity index (χ4n) is 4.32. The first-order valence-electron chi connectivity index (χ1n) is 11.4. The molecular formula is C25H34FN3O2. The van der Waals surface area contributed by atoms with Crippen LogP contribution in [0.3, 0.4) is 0 Å². The molecule has 1 aromatic carbocycles. The number of carbonyl (C=O) groups is 2. The number of halogens is 1. The predicted molar refractivity (Wildman–Crippen MR) is 120 cm³/mol. The van der Waals surface area contributed by atoms with Gasteiger partial charge in [0, 0.05) is 37.4 Å². The molecule has 5 nitrogen and oxygen atoms in total. The lowest BCUT2D eigenvalue weighted by Crippen LogP contribution is -2.49. The van der Waals surface area contributed by atoms with E-state index in [2.05, 4.69) is 11.5 Å². The Kier molecular flexibility index (Phi) is 7.88. The molecular weight excluding hydrogens is 393 g/mol. The first-order valence-corrected chi connectivity index (χ1v) is 11.4.